The van der Waals surface area contributed by atoms with Crippen LogP contribution in [0.15, 0.2) is 203 Å². The van der Waals surface area contributed by atoms with Gasteiger partial charge in [-0.2, -0.15) is 0 Å². The van der Waals surface area contributed by atoms with Gasteiger partial charge in [0.2, 0.25) is 0 Å². The Morgan fingerprint density at radius 1 is 0.305 bits per heavy atom. The fourth-order valence-corrected chi connectivity index (χ4v) is 11.0. The van der Waals surface area contributed by atoms with Crippen molar-refractivity contribution in [3.8, 4) is 44.5 Å². The van der Waals surface area contributed by atoms with Gasteiger partial charge in [0.15, 0.2) is 0 Å². The zero-order chi connectivity index (χ0) is 38.4. The van der Waals surface area contributed by atoms with Crippen LogP contribution in [-0.2, 0) is 5.41 Å². The smallest absolute Gasteiger partial charge is 0.143 e. The van der Waals surface area contributed by atoms with Crippen LogP contribution in [0.25, 0.3) is 110 Å². The second-order valence-corrected chi connectivity index (χ2v) is 16.3. The average molecular weight is 749 g/mol. The molecule has 0 atom stereocenters. The van der Waals surface area contributed by atoms with Gasteiger partial charge in [-0.3, -0.25) is 0 Å². The fraction of sp³-hybridized carbons (Fsp3) is 0.0175. The van der Waals surface area contributed by atoms with Crippen LogP contribution in [0.3, 0.4) is 0 Å². The Morgan fingerprint density at radius 2 is 0.949 bits per heavy atom. The molecule has 0 radical (unpaired) electrons. The normalized spacial score (nSPS) is 13.6. The molecule has 12 aromatic rings. The van der Waals surface area contributed by atoms with Gasteiger partial charge in [-0.05, 0) is 138 Å². The van der Waals surface area contributed by atoms with Crippen LogP contribution in [0.5, 0.6) is 0 Å². The van der Waals surface area contributed by atoms with Crippen molar-refractivity contribution in [2.45, 2.75) is 5.41 Å². The first-order chi connectivity index (χ1) is 29.2. The Labute approximate surface area is 339 Å². The maximum atomic E-state index is 6.78. The first-order valence-corrected chi connectivity index (χ1v) is 20.4. The molecule has 2 nitrogen and oxygen atoms in total. The highest BCUT2D eigenvalue weighted by atomic mass is 16.3. The van der Waals surface area contributed by atoms with Gasteiger partial charge < -0.3 is 8.83 Å². The molecule has 0 saturated carbocycles. The summed E-state index contributed by atoms with van der Waals surface area (Å²) >= 11 is 0. The lowest BCUT2D eigenvalue weighted by Gasteiger charge is -2.31. The first kappa shape index (κ1) is 31.4. The highest BCUT2D eigenvalue weighted by Gasteiger charge is 2.52. The van der Waals surface area contributed by atoms with Gasteiger partial charge in [0.1, 0.15) is 22.3 Å². The summed E-state index contributed by atoms with van der Waals surface area (Å²) in [6.07, 6.45) is 0. The van der Waals surface area contributed by atoms with Gasteiger partial charge in [0.25, 0.3) is 0 Å². The summed E-state index contributed by atoms with van der Waals surface area (Å²) in [5.41, 5.74) is 18.1. The Balaban J connectivity index is 1.16. The summed E-state index contributed by atoms with van der Waals surface area (Å²) in [5.74, 6) is 0. The molecule has 2 aromatic heterocycles. The summed E-state index contributed by atoms with van der Waals surface area (Å²) in [7, 11) is 0. The summed E-state index contributed by atoms with van der Waals surface area (Å²) < 4.78 is 13.4. The molecule has 0 N–H and O–H groups in total. The van der Waals surface area contributed by atoms with Crippen LogP contribution in [0.4, 0.5) is 0 Å². The third-order valence-electron chi connectivity index (χ3n) is 13.4. The zero-order valence-corrected chi connectivity index (χ0v) is 31.8. The fourth-order valence-electron chi connectivity index (χ4n) is 11.0. The summed E-state index contributed by atoms with van der Waals surface area (Å²) in [6, 6.07) is 71.5. The van der Waals surface area contributed by atoms with Gasteiger partial charge in [-0.1, -0.05) is 140 Å². The first-order valence-electron chi connectivity index (χ1n) is 20.4. The van der Waals surface area contributed by atoms with E-state index >= 15 is 0 Å². The van der Waals surface area contributed by atoms with E-state index in [0.29, 0.717) is 0 Å². The minimum atomic E-state index is -0.543. The van der Waals surface area contributed by atoms with Crippen molar-refractivity contribution in [2.75, 3.05) is 0 Å². The van der Waals surface area contributed by atoms with E-state index in [4.69, 9.17) is 8.83 Å². The predicted octanol–water partition coefficient (Wildman–Crippen LogP) is 15.5. The van der Waals surface area contributed by atoms with Crippen molar-refractivity contribution in [1.82, 2.24) is 0 Å². The van der Waals surface area contributed by atoms with Crippen molar-refractivity contribution < 1.29 is 8.83 Å². The number of rotatable bonds is 2. The van der Waals surface area contributed by atoms with Gasteiger partial charge in [0, 0.05) is 26.9 Å². The number of hydrogen-bond acceptors (Lipinski definition) is 2. The van der Waals surface area contributed by atoms with E-state index in [0.717, 1.165) is 66.0 Å². The van der Waals surface area contributed by atoms with Crippen LogP contribution in [0.2, 0.25) is 0 Å². The molecule has 0 bridgehead atoms. The lowest BCUT2D eigenvalue weighted by Crippen LogP contribution is -2.26. The monoisotopic (exact) mass is 748 g/mol. The minimum absolute atomic E-state index is 0.543. The Morgan fingerprint density at radius 3 is 1.78 bits per heavy atom. The van der Waals surface area contributed by atoms with Gasteiger partial charge in [0.05, 0.1) is 5.41 Å². The highest BCUT2D eigenvalue weighted by molar-refractivity contribution is 6.19. The lowest BCUT2D eigenvalue weighted by atomic mass is 9.69. The van der Waals surface area contributed by atoms with Gasteiger partial charge in [-0.15, -0.1) is 0 Å². The Kier molecular flexibility index (Phi) is 5.99. The van der Waals surface area contributed by atoms with E-state index in [1.54, 1.807) is 0 Å². The molecule has 2 aliphatic carbocycles. The molecule has 2 heterocycles. The third kappa shape index (κ3) is 4.00. The van der Waals surface area contributed by atoms with E-state index in [1.807, 2.05) is 6.07 Å². The molecule has 0 amide bonds. The van der Waals surface area contributed by atoms with E-state index in [-0.39, 0.29) is 0 Å². The van der Waals surface area contributed by atoms with Crippen molar-refractivity contribution >= 4 is 65.4 Å². The molecule has 2 heteroatoms. The maximum Gasteiger partial charge on any atom is 0.143 e. The molecular weight excluding hydrogens is 717 g/mol. The molecule has 0 fully saturated rings. The molecule has 10 aromatic carbocycles. The molecule has 59 heavy (non-hydrogen) atoms. The van der Waals surface area contributed by atoms with Crippen LogP contribution >= 0.6 is 0 Å². The van der Waals surface area contributed by atoms with Gasteiger partial charge >= 0.3 is 0 Å². The zero-order valence-electron chi connectivity index (χ0n) is 31.8. The van der Waals surface area contributed by atoms with E-state index in [2.05, 4.69) is 188 Å². The summed E-state index contributed by atoms with van der Waals surface area (Å²) in [6.45, 7) is 0. The molecular formula is C57H32O2. The predicted molar refractivity (Wildman–Crippen MR) is 243 cm³/mol. The van der Waals surface area contributed by atoms with E-state index in [1.165, 1.54) is 66.2 Å². The second kappa shape index (κ2) is 11.2. The van der Waals surface area contributed by atoms with Crippen molar-refractivity contribution in [3.05, 3.63) is 216 Å². The number of fused-ring (bicyclic) bond motifs is 19. The molecule has 0 unspecified atom stereocenters. The topological polar surface area (TPSA) is 26.3 Å². The number of furan rings is 2. The van der Waals surface area contributed by atoms with E-state index < -0.39 is 5.41 Å². The highest BCUT2D eigenvalue weighted by Crippen LogP contribution is 2.65. The molecule has 0 saturated heterocycles. The summed E-state index contributed by atoms with van der Waals surface area (Å²) in [5, 5.41) is 9.30. The number of para-hydroxylation sites is 1. The molecule has 1 spiro atoms. The standard InChI is InChI=1S/C57H32O2/c1-2-14-35-30-49-46(28-34(35)13-1)54-45(36-25-26-43-42-18-7-10-22-51(42)58-53(43)32-36)29-37(31-50(54)57(49)47-20-8-5-16-40(47)41-17-6-9-21-48(41)57)38-19-11-23-52-55(38)44-27-24-33-12-3-4-15-39(33)56(44)59-52/h1-32H. The average Bonchev–Trinajstić information content (AvgIpc) is 4.03. The SMILES string of the molecule is c1ccc2c(c1)-c1ccccc1C21c2cc3ccccc3cc2-c2c(-c3ccc4c(c3)oc3ccccc34)cc(-c3cccc4oc5c6ccccc6ccc5c34)cc21. The largest absolute Gasteiger partial charge is 0.456 e. The number of benzene rings is 10. The van der Waals surface area contributed by atoms with Crippen LogP contribution < -0.4 is 0 Å². The van der Waals surface area contributed by atoms with Crippen LogP contribution in [0, 0.1) is 0 Å². The van der Waals surface area contributed by atoms with Crippen LogP contribution in [-0.4, -0.2) is 0 Å². The van der Waals surface area contributed by atoms with Crippen molar-refractivity contribution in [2.24, 2.45) is 0 Å². The lowest BCUT2D eigenvalue weighted by molar-refractivity contribution is 0.669. The van der Waals surface area contributed by atoms with Crippen molar-refractivity contribution in [1.29, 1.82) is 0 Å². The molecule has 2 aliphatic rings. The molecule has 272 valence electrons. The van der Waals surface area contributed by atoms with Gasteiger partial charge in [-0.25, -0.2) is 0 Å². The Hall–Kier alpha value is -7.68. The van der Waals surface area contributed by atoms with Crippen LogP contribution in [0.1, 0.15) is 22.3 Å². The summed E-state index contributed by atoms with van der Waals surface area (Å²) in [4.78, 5) is 0. The molecule has 14 rings (SSSR count). The van der Waals surface area contributed by atoms with E-state index in [9.17, 15) is 0 Å². The quantitative estimate of drug-likeness (QED) is 0.176. The second-order valence-electron chi connectivity index (χ2n) is 16.3. The number of hydrogen-bond donors (Lipinski definition) is 0. The minimum Gasteiger partial charge on any atom is -0.456 e. The van der Waals surface area contributed by atoms with Crippen molar-refractivity contribution in [3.63, 3.8) is 0 Å². The molecule has 0 aliphatic heterocycles. The Bertz CT molecular complexity index is 3750. The third-order valence-corrected chi connectivity index (χ3v) is 13.4. The maximum absolute atomic E-state index is 6.78.